The highest BCUT2D eigenvalue weighted by atomic mass is 16.8. The minimum absolute atomic E-state index is 0.0169. The molecule has 1 saturated heterocycles. The summed E-state index contributed by atoms with van der Waals surface area (Å²) in [7, 11) is 0. The van der Waals surface area contributed by atoms with Crippen LogP contribution in [0.2, 0.25) is 0 Å². The molecule has 0 saturated carbocycles. The van der Waals surface area contributed by atoms with E-state index in [2.05, 4.69) is 13.8 Å². The molecule has 0 aliphatic carbocycles. The molecule has 11 N–H and O–H groups in total. The normalized spacial score (nSPS) is 23.4. The van der Waals surface area contributed by atoms with Crippen molar-refractivity contribution in [1.82, 2.24) is 0 Å². The highest BCUT2D eigenvalue weighted by molar-refractivity contribution is 6.28. The van der Waals surface area contributed by atoms with Gasteiger partial charge in [-0.15, -0.1) is 0 Å². The summed E-state index contributed by atoms with van der Waals surface area (Å²) in [6.45, 7) is -2.26. The molecule has 0 radical (unpaired) electrons. The Morgan fingerprint density at radius 2 is 0.732 bits per heavy atom. The summed E-state index contributed by atoms with van der Waals surface area (Å²) < 4.78 is 15.7. The van der Waals surface area contributed by atoms with Crippen LogP contribution in [0, 0.1) is 5.41 Å². The average Bonchev–Trinajstić information content (AvgIpc) is 3.36. The summed E-state index contributed by atoms with van der Waals surface area (Å²) in [5.74, 6) is -24.3. The smallest absolute Gasteiger partial charge is 0.336 e. The molecule has 0 aromatic rings. The molecule has 71 heavy (non-hydrogen) atoms. The van der Waals surface area contributed by atoms with Gasteiger partial charge in [0.1, 0.15) is 24.4 Å². The van der Waals surface area contributed by atoms with Crippen LogP contribution < -0.4 is 0 Å². The number of ketones is 3. The molecule has 0 aromatic heterocycles. The number of unbranched alkanes of at least 4 members (excludes halogenated alkanes) is 28. The molecule has 1 heterocycles. The lowest BCUT2D eigenvalue weighted by molar-refractivity contribution is -0.520. The molecule has 8 atom stereocenters. The first kappa shape index (κ1) is 66.5. The Kier molecular flexibility index (Phi) is 34.1. The molecule has 0 aromatic carbocycles. The first-order valence-electron chi connectivity index (χ1n) is 27.0. The number of aliphatic hydroxyl groups excluding tert-OH is 8. The number of hydrogen-bond acceptors (Lipinski definition) is 19. The predicted octanol–water partition coefficient (Wildman–Crippen LogP) is 4.17. The number of hydrogen-bond donors (Lipinski definition) is 11. The zero-order valence-electron chi connectivity index (χ0n) is 43.0. The van der Waals surface area contributed by atoms with Gasteiger partial charge in [0, 0.05) is 12.8 Å². The van der Waals surface area contributed by atoms with Gasteiger partial charge >= 0.3 is 23.5 Å². The fourth-order valence-electron chi connectivity index (χ4n) is 9.40. The van der Waals surface area contributed by atoms with Gasteiger partial charge in [-0.2, -0.15) is 0 Å². The summed E-state index contributed by atoms with van der Waals surface area (Å²) >= 11 is 0. The van der Waals surface area contributed by atoms with E-state index in [1.54, 1.807) is 0 Å². The first-order valence-corrected chi connectivity index (χ1v) is 27.0. The second-order valence-corrected chi connectivity index (χ2v) is 19.6. The number of carbonyl (C=O) groups is 5. The second-order valence-electron chi connectivity index (χ2n) is 19.6. The third-order valence-electron chi connectivity index (χ3n) is 13.7. The van der Waals surface area contributed by atoms with E-state index in [1.807, 2.05) is 0 Å². The van der Waals surface area contributed by atoms with Crippen molar-refractivity contribution in [2.24, 2.45) is 5.41 Å². The molecule has 4 unspecified atom stereocenters. The monoisotopic (exact) mass is 1020 g/mol. The fraction of sp³-hybridized carbons (Fsp3) is 0.904. The van der Waals surface area contributed by atoms with Gasteiger partial charge in [0.15, 0.2) is 23.5 Å². The maximum atomic E-state index is 14.3. The SMILES string of the molecule is CCCCCCCCCCCCCCCCCC(=O)O[C@@]1(O)[C@@H](O)[C@@H](CO)OC(O)(C(C(=O)C(O)CO)(C(=O)C(O)CO)C(=O)C(O)CO)[C@@]1(O)OC(=O)CCCCCCCCCCCCCCCCC. The second kappa shape index (κ2) is 36.4. The zero-order chi connectivity index (χ0) is 53.4. The van der Waals surface area contributed by atoms with Crippen molar-refractivity contribution in [3.63, 3.8) is 0 Å². The lowest BCUT2D eigenvalue weighted by Gasteiger charge is -2.59. The molecule has 416 valence electrons. The van der Waals surface area contributed by atoms with Crippen LogP contribution >= 0.6 is 0 Å². The van der Waals surface area contributed by atoms with Gasteiger partial charge in [-0.1, -0.05) is 194 Å². The molecule has 1 fully saturated rings. The van der Waals surface area contributed by atoms with Crippen LogP contribution in [0.25, 0.3) is 0 Å². The Bertz CT molecular complexity index is 1440. The van der Waals surface area contributed by atoms with E-state index in [-0.39, 0.29) is 12.8 Å². The van der Waals surface area contributed by atoms with E-state index in [0.29, 0.717) is 25.7 Å². The third kappa shape index (κ3) is 19.6. The van der Waals surface area contributed by atoms with Crippen molar-refractivity contribution in [3.05, 3.63) is 0 Å². The fourth-order valence-corrected chi connectivity index (χ4v) is 9.40. The Morgan fingerprint density at radius 1 is 0.465 bits per heavy atom. The standard InChI is InChI=1S/C52H94O19/c1-3-5-7-9-11-13-15-17-19-21-23-25-27-29-31-33-43(60)70-50(66)48(65)42(38-56)69-51(67,49(45(62)39(57)35-53,46(63)40(58)36-54)47(64)41(59)37-55)52(50,68)71-44(61)34-32-30-28-26-24-22-20-18-16-14-12-10-8-6-4-2/h39-42,48,53-59,65-68H,3-38H2,1-2H3/t39?,40?,41?,42-,48+,49?,50+,51?,52+/m1/s1. The van der Waals surface area contributed by atoms with E-state index in [4.69, 9.17) is 14.2 Å². The number of carbonyl (C=O) groups excluding carboxylic acids is 5. The number of ether oxygens (including phenoxy) is 3. The van der Waals surface area contributed by atoms with Crippen molar-refractivity contribution >= 4 is 29.3 Å². The molecule has 1 rings (SSSR count). The van der Waals surface area contributed by atoms with E-state index >= 15 is 0 Å². The molecule has 19 nitrogen and oxygen atoms in total. The molecule has 0 amide bonds. The predicted molar refractivity (Wildman–Crippen MR) is 261 cm³/mol. The van der Waals surface area contributed by atoms with Crippen molar-refractivity contribution in [3.8, 4) is 0 Å². The van der Waals surface area contributed by atoms with Crippen molar-refractivity contribution in [2.75, 3.05) is 26.4 Å². The van der Waals surface area contributed by atoms with E-state index in [9.17, 15) is 80.1 Å². The zero-order valence-corrected chi connectivity index (χ0v) is 43.0. The summed E-state index contributed by atoms with van der Waals surface area (Å²) in [6.07, 6.45) is 13.8. The van der Waals surface area contributed by atoms with Gasteiger partial charge in [0.05, 0.1) is 26.4 Å². The van der Waals surface area contributed by atoms with Crippen LogP contribution in [0.4, 0.5) is 0 Å². The largest absolute Gasteiger partial charge is 0.423 e. The number of Topliss-reactive ketones (excluding diaryl/α,β-unsaturated/α-hetero) is 3. The maximum Gasteiger partial charge on any atom is 0.336 e. The van der Waals surface area contributed by atoms with Gasteiger partial charge in [-0.25, -0.2) is 0 Å². The summed E-state index contributed by atoms with van der Waals surface area (Å²) in [5, 5.41) is 121. The van der Waals surface area contributed by atoms with Crippen LogP contribution in [0.5, 0.6) is 0 Å². The van der Waals surface area contributed by atoms with Crippen LogP contribution in [0.15, 0.2) is 0 Å². The van der Waals surface area contributed by atoms with Crippen molar-refractivity contribution in [2.45, 2.75) is 267 Å². The number of aliphatic hydroxyl groups is 11. The quantitative estimate of drug-likeness (QED) is 0.0176. The average molecular weight is 1020 g/mol. The summed E-state index contributed by atoms with van der Waals surface area (Å²) in [4.78, 5) is 70.1. The highest BCUT2D eigenvalue weighted by Gasteiger charge is 2.87. The highest BCUT2D eigenvalue weighted by Crippen LogP contribution is 2.55. The minimum atomic E-state index is -4.87. The Morgan fingerprint density at radius 3 is 1.00 bits per heavy atom. The van der Waals surface area contributed by atoms with E-state index in [0.717, 1.165) is 64.2 Å². The van der Waals surface area contributed by atoms with Gasteiger partial charge in [-0.05, 0) is 12.8 Å². The lowest BCUT2D eigenvalue weighted by Crippen LogP contribution is -2.88. The topological polar surface area (TPSA) is 336 Å². The summed E-state index contributed by atoms with van der Waals surface area (Å²) in [5.41, 5.74) is -4.66. The van der Waals surface area contributed by atoms with Crippen LogP contribution in [-0.4, -0.2) is 160 Å². The Labute approximate surface area is 421 Å². The number of esters is 2. The Hall–Kier alpha value is -2.53. The van der Waals surface area contributed by atoms with Gasteiger partial charge in [0.25, 0.3) is 5.79 Å². The first-order chi connectivity index (χ1) is 33.9. The molecular weight excluding hydrogens is 929 g/mol. The molecular formula is C52H94O19. The van der Waals surface area contributed by atoms with Gasteiger partial charge < -0.3 is 70.4 Å². The van der Waals surface area contributed by atoms with E-state index in [1.165, 1.54) is 89.9 Å². The summed E-state index contributed by atoms with van der Waals surface area (Å²) in [6, 6.07) is 0. The van der Waals surface area contributed by atoms with Gasteiger partial charge in [0.2, 0.25) is 5.41 Å². The molecule has 0 bridgehead atoms. The minimum Gasteiger partial charge on any atom is -0.423 e. The molecule has 19 heteroatoms. The lowest BCUT2D eigenvalue weighted by atomic mass is 9.59. The molecule has 1 aliphatic heterocycles. The molecule has 1 aliphatic rings. The van der Waals surface area contributed by atoms with Gasteiger partial charge in [-0.3, -0.25) is 24.0 Å². The maximum absolute atomic E-state index is 14.3. The third-order valence-corrected chi connectivity index (χ3v) is 13.7. The Balaban J connectivity index is 3.43. The van der Waals surface area contributed by atoms with E-state index < -0.39 is 122 Å². The van der Waals surface area contributed by atoms with Crippen molar-refractivity contribution < 1.29 is 94.4 Å². The van der Waals surface area contributed by atoms with Crippen LogP contribution in [0.3, 0.4) is 0 Å². The van der Waals surface area contributed by atoms with Crippen LogP contribution in [-0.2, 0) is 38.2 Å². The van der Waals surface area contributed by atoms with Crippen LogP contribution in [0.1, 0.15) is 219 Å². The molecule has 0 spiro atoms. The number of rotatable bonds is 45. The van der Waals surface area contributed by atoms with Crippen molar-refractivity contribution in [1.29, 1.82) is 0 Å².